The molecule has 0 fully saturated rings. The number of rotatable bonds is 2. The van der Waals surface area contributed by atoms with Crippen LogP contribution in [-0.2, 0) is 11.2 Å². The lowest BCUT2D eigenvalue weighted by Crippen LogP contribution is -2.00. The smallest absolute Gasteiger partial charge is 0.307 e. The first kappa shape index (κ1) is 8.78. The van der Waals surface area contributed by atoms with Gasteiger partial charge >= 0.3 is 5.97 Å². The van der Waals surface area contributed by atoms with Crippen molar-refractivity contribution in [2.75, 3.05) is 0 Å². The lowest BCUT2D eigenvalue weighted by Gasteiger charge is -2.01. The van der Waals surface area contributed by atoms with Crippen LogP contribution in [0.4, 0.5) is 0 Å². The van der Waals surface area contributed by atoms with E-state index in [0.717, 1.165) is 16.7 Å². The Morgan fingerprint density at radius 2 is 1.75 bits per heavy atom. The highest BCUT2D eigenvalue weighted by atomic mass is 16.4. The van der Waals surface area contributed by atoms with Crippen LogP contribution in [-0.4, -0.2) is 11.1 Å². The molecule has 0 radical (unpaired) electrons. The van der Waals surface area contributed by atoms with Gasteiger partial charge in [0, 0.05) is 0 Å². The molecule has 0 saturated carbocycles. The Morgan fingerprint density at radius 1 is 1.25 bits per heavy atom. The second-order valence-electron chi connectivity index (χ2n) is 3.07. The summed E-state index contributed by atoms with van der Waals surface area (Å²) >= 11 is 0. The van der Waals surface area contributed by atoms with Gasteiger partial charge in [-0.1, -0.05) is 29.3 Å². The molecule has 0 atom stereocenters. The summed E-state index contributed by atoms with van der Waals surface area (Å²) in [6.45, 7) is 3.94. The SMILES string of the molecule is Cc1cc(C)cc(CC(=O)O)c1. The predicted octanol–water partition coefficient (Wildman–Crippen LogP) is 1.93. The van der Waals surface area contributed by atoms with E-state index in [0.29, 0.717) is 0 Å². The van der Waals surface area contributed by atoms with Crippen molar-refractivity contribution in [3.63, 3.8) is 0 Å². The molecular formula is C10H12O2. The number of benzene rings is 1. The molecule has 64 valence electrons. The molecule has 0 aliphatic heterocycles. The first-order valence-corrected chi connectivity index (χ1v) is 3.87. The van der Waals surface area contributed by atoms with Crippen LogP contribution in [0.1, 0.15) is 16.7 Å². The van der Waals surface area contributed by atoms with Crippen LogP contribution in [0.15, 0.2) is 18.2 Å². The average molecular weight is 164 g/mol. The number of carboxylic acids is 1. The third-order valence-corrected chi connectivity index (χ3v) is 1.64. The standard InChI is InChI=1S/C10H12O2/c1-7-3-8(2)5-9(4-7)6-10(11)12/h3-5H,6H2,1-2H3,(H,11,12). The highest BCUT2D eigenvalue weighted by Gasteiger charge is 2.00. The molecule has 2 heteroatoms. The zero-order chi connectivity index (χ0) is 9.14. The minimum absolute atomic E-state index is 0.114. The maximum Gasteiger partial charge on any atom is 0.307 e. The maximum atomic E-state index is 10.4. The molecule has 0 aliphatic carbocycles. The maximum absolute atomic E-state index is 10.4. The molecule has 0 aliphatic rings. The van der Waals surface area contributed by atoms with Crippen molar-refractivity contribution in [1.82, 2.24) is 0 Å². The normalized spacial score (nSPS) is 9.83. The zero-order valence-corrected chi connectivity index (χ0v) is 7.29. The Bertz CT molecular complexity index is 282. The lowest BCUT2D eigenvalue weighted by atomic mass is 10.1. The molecular weight excluding hydrogens is 152 g/mol. The summed E-state index contributed by atoms with van der Waals surface area (Å²) in [5, 5.41) is 8.55. The number of hydrogen-bond donors (Lipinski definition) is 1. The molecule has 2 nitrogen and oxygen atoms in total. The Labute approximate surface area is 71.8 Å². The van der Waals surface area contributed by atoms with Gasteiger partial charge in [0.05, 0.1) is 6.42 Å². The average Bonchev–Trinajstić information content (AvgIpc) is 1.81. The van der Waals surface area contributed by atoms with E-state index in [-0.39, 0.29) is 6.42 Å². The van der Waals surface area contributed by atoms with Crippen LogP contribution in [0.5, 0.6) is 0 Å². The number of carboxylic acid groups (broad SMARTS) is 1. The van der Waals surface area contributed by atoms with Crippen LogP contribution >= 0.6 is 0 Å². The van der Waals surface area contributed by atoms with Gasteiger partial charge in [-0.2, -0.15) is 0 Å². The molecule has 0 saturated heterocycles. The number of aryl methyl sites for hydroxylation is 2. The van der Waals surface area contributed by atoms with E-state index in [2.05, 4.69) is 0 Å². The fourth-order valence-corrected chi connectivity index (χ4v) is 1.35. The van der Waals surface area contributed by atoms with Crippen LogP contribution in [0, 0.1) is 13.8 Å². The number of aliphatic carboxylic acids is 1. The third kappa shape index (κ3) is 2.38. The van der Waals surface area contributed by atoms with Gasteiger partial charge in [0.1, 0.15) is 0 Å². The van der Waals surface area contributed by atoms with E-state index in [4.69, 9.17) is 5.11 Å². The fourth-order valence-electron chi connectivity index (χ4n) is 1.35. The topological polar surface area (TPSA) is 37.3 Å². The molecule has 0 amide bonds. The van der Waals surface area contributed by atoms with E-state index in [9.17, 15) is 4.79 Å². The Kier molecular flexibility index (Phi) is 2.48. The van der Waals surface area contributed by atoms with Crippen molar-refractivity contribution >= 4 is 5.97 Å². The summed E-state index contributed by atoms with van der Waals surface area (Å²) in [7, 11) is 0. The van der Waals surface area contributed by atoms with Crippen molar-refractivity contribution in [2.24, 2.45) is 0 Å². The van der Waals surface area contributed by atoms with E-state index in [1.54, 1.807) is 0 Å². The van der Waals surface area contributed by atoms with Crippen LogP contribution < -0.4 is 0 Å². The van der Waals surface area contributed by atoms with Gasteiger partial charge in [0.15, 0.2) is 0 Å². The van der Waals surface area contributed by atoms with Crippen molar-refractivity contribution in [3.8, 4) is 0 Å². The summed E-state index contributed by atoms with van der Waals surface area (Å²) in [5.74, 6) is -0.778. The number of carbonyl (C=O) groups is 1. The van der Waals surface area contributed by atoms with Crippen LogP contribution in [0.2, 0.25) is 0 Å². The monoisotopic (exact) mass is 164 g/mol. The molecule has 0 spiro atoms. The summed E-state index contributed by atoms with van der Waals surface area (Å²) in [6.07, 6.45) is 0.114. The highest BCUT2D eigenvalue weighted by Crippen LogP contribution is 2.09. The third-order valence-electron chi connectivity index (χ3n) is 1.64. The Hall–Kier alpha value is -1.31. The molecule has 1 rings (SSSR count). The molecule has 0 bridgehead atoms. The second kappa shape index (κ2) is 3.39. The summed E-state index contributed by atoms with van der Waals surface area (Å²) < 4.78 is 0. The van der Waals surface area contributed by atoms with Gasteiger partial charge in [0.25, 0.3) is 0 Å². The van der Waals surface area contributed by atoms with Gasteiger partial charge in [-0.25, -0.2) is 0 Å². The predicted molar refractivity (Wildman–Crippen MR) is 47.3 cm³/mol. The highest BCUT2D eigenvalue weighted by molar-refractivity contribution is 5.70. The molecule has 1 aromatic carbocycles. The quantitative estimate of drug-likeness (QED) is 0.725. The first-order valence-electron chi connectivity index (χ1n) is 3.87. The van der Waals surface area contributed by atoms with Crippen molar-refractivity contribution in [3.05, 3.63) is 34.9 Å². The lowest BCUT2D eigenvalue weighted by molar-refractivity contribution is -0.136. The summed E-state index contributed by atoms with van der Waals surface area (Å²) in [5.41, 5.74) is 3.11. The Balaban J connectivity index is 2.93. The van der Waals surface area contributed by atoms with E-state index in [1.165, 1.54) is 0 Å². The van der Waals surface area contributed by atoms with E-state index < -0.39 is 5.97 Å². The second-order valence-corrected chi connectivity index (χ2v) is 3.07. The number of hydrogen-bond acceptors (Lipinski definition) is 1. The van der Waals surface area contributed by atoms with Crippen LogP contribution in [0.25, 0.3) is 0 Å². The summed E-state index contributed by atoms with van der Waals surface area (Å²) in [6, 6.07) is 5.84. The molecule has 1 aromatic rings. The van der Waals surface area contributed by atoms with Gasteiger partial charge in [-0.15, -0.1) is 0 Å². The zero-order valence-electron chi connectivity index (χ0n) is 7.29. The van der Waals surface area contributed by atoms with E-state index >= 15 is 0 Å². The molecule has 0 aromatic heterocycles. The minimum Gasteiger partial charge on any atom is -0.481 e. The first-order chi connectivity index (χ1) is 5.58. The van der Waals surface area contributed by atoms with Gasteiger partial charge in [-0.05, 0) is 19.4 Å². The fraction of sp³-hybridized carbons (Fsp3) is 0.300. The minimum atomic E-state index is -0.778. The molecule has 12 heavy (non-hydrogen) atoms. The van der Waals surface area contributed by atoms with Crippen LogP contribution in [0.3, 0.4) is 0 Å². The summed E-state index contributed by atoms with van der Waals surface area (Å²) in [4.78, 5) is 10.4. The Morgan fingerprint density at radius 3 is 2.17 bits per heavy atom. The van der Waals surface area contributed by atoms with Crippen molar-refractivity contribution < 1.29 is 9.90 Å². The van der Waals surface area contributed by atoms with Crippen molar-refractivity contribution in [1.29, 1.82) is 0 Å². The van der Waals surface area contributed by atoms with E-state index in [1.807, 2.05) is 32.0 Å². The largest absolute Gasteiger partial charge is 0.481 e. The molecule has 1 N–H and O–H groups in total. The van der Waals surface area contributed by atoms with Crippen molar-refractivity contribution in [2.45, 2.75) is 20.3 Å². The van der Waals surface area contributed by atoms with Gasteiger partial charge in [-0.3, -0.25) is 4.79 Å². The molecule has 0 unspecified atom stereocenters. The van der Waals surface area contributed by atoms with Gasteiger partial charge in [0.2, 0.25) is 0 Å². The molecule has 0 heterocycles. The van der Waals surface area contributed by atoms with Gasteiger partial charge < -0.3 is 5.11 Å².